The minimum Gasteiger partial charge on any atom is -0.356 e. The van der Waals surface area contributed by atoms with Crippen LogP contribution in [0, 0.1) is 0 Å². The number of thioether (sulfide) groups is 1. The molecule has 0 aromatic heterocycles. The molecule has 4 N–H and O–H groups in total. The summed E-state index contributed by atoms with van der Waals surface area (Å²) in [5.41, 5.74) is 0. The van der Waals surface area contributed by atoms with E-state index in [4.69, 9.17) is 0 Å². The van der Waals surface area contributed by atoms with E-state index >= 15 is 0 Å². The molecular weight excluding hydrogens is 428 g/mol. The third kappa shape index (κ3) is 10.7. The van der Waals surface area contributed by atoms with Crippen LogP contribution < -0.4 is 21.3 Å². The Morgan fingerprint density at radius 3 is 2.06 bits per heavy atom. The minimum absolute atomic E-state index is 0.0530. The van der Waals surface area contributed by atoms with E-state index < -0.39 is 0 Å². The van der Waals surface area contributed by atoms with E-state index in [1.54, 1.807) is 6.92 Å². The third-order valence-electron chi connectivity index (χ3n) is 6.01. The molecular formula is C23H40N4O4S. The van der Waals surface area contributed by atoms with E-state index in [0.29, 0.717) is 37.6 Å². The Kier molecular flexibility index (Phi) is 12.5. The average molecular weight is 469 g/mol. The lowest BCUT2D eigenvalue weighted by Crippen LogP contribution is -2.36. The zero-order valence-electron chi connectivity index (χ0n) is 19.4. The van der Waals surface area contributed by atoms with Crippen molar-refractivity contribution >= 4 is 35.4 Å². The fourth-order valence-corrected chi connectivity index (χ4v) is 5.71. The molecule has 1 unspecified atom stereocenters. The predicted octanol–water partition coefficient (Wildman–Crippen LogP) is 2.65. The maximum atomic E-state index is 12.0. The van der Waals surface area contributed by atoms with E-state index in [-0.39, 0.29) is 35.7 Å². The van der Waals surface area contributed by atoms with E-state index in [1.807, 2.05) is 11.8 Å². The molecule has 3 atom stereocenters. The summed E-state index contributed by atoms with van der Waals surface area (Å²) in [6.07, 6.45) is 10.0. The average Bonchev–Trinajstić information content (AvgIpc) is 3.29. The monoisotopic (exact) mass is 468 g/mol. The molecule has 0 radical (unpaired) electrons. The van der Waals surface area contributed by atoms with Crippen LogP contribution in [0.3, 0.4) is 0 Å². The summed E-state index contributed by atoms with van der Waals surface area (Å²) >= 11 is 1.91. The van der Waals surface area contributed by atoms with Gasteiger partial charge in [-0.05, 0) is 45.4 Å². The highest BCUT2D eigenvalue weighted by molar-refractivity contribution is 8.00. The summed E-state index contributed by atoms with van der Waals surface area (Å²) in [6.45, 7) is 2.95. The van der Waals surface area contributed by atoms with Gasteiger partial charge in [0.15, 0.2) is 0 Å². The summed E-state index contributed by atoms with van der Waals surface area (Å²) in [5, 5.41) is 12.3. The third-order valence-corrected chi connectivity index (χ3v) is 7.52. The number of nitrogens with one attached hydrogen (secondary N) is 4. The van der Waals surface area contributed by atoms with Gasteiger partial charge in [0.05, 0.1) is 12.1 Å². The van der Waals surface area contributed by atoms with Gasteiger partial charge in [0.25, 0.3) is 0 Å². The van der Waals surface area contributed by atoms with Gasteiger partial charge in [0.1, 0.15) is 5.78 Å². The molecule has 0 aromatic carbocycles. The molecule has 0 aromatic rings. The zero-order valence-corrected chi connectivity index (χ0v) is 20.2. The number of unbranched alkanes of at least 4 members (excludes halogenated alkanes) is 5. The first-order valence-corrected chi connectivity index (χ1v) is 13.2. The molecule has 0 aliphatic carbocycles. The van der Waals surface area contributed by atoms with Crippen LogP contribution >= 0.6 is 11.8 Å². The number of carbonyl (C=O) groups excluding carboxylic acids is 4. The van der Waals surface area contributed by atoms with Gasteiger partial charge in [0.2, 0.25) is 11.8 Å². The summed E-state index contributed by atoms with van der Waals surface area (Å²) < 4.78 is 0. The van der Waals surface area contributed by atoms with Crippen LogP contribution in [0.5, 0.6) is 0 Å². The lowest BCUT2D eigenvalue weighted by atomic mass is 10.0. The Morgan fingerprint density at radius 1 is 0.844 bits per heavy atom. The molecule has 2 rings (SSSR count). The molecule has 2 aliphatic heterocycles. The van der Waals surface area contributed by atoms with Crippen molar-refractivity contribution in [2.24, 2.45) is 0 Å². The summed E-state index contributed by atoms with van der Waals surface area (Å²) in [5.74, 6) is 1.37. The van der Waals surface area contributed by atoms with E-state index in [2.05, 4.69) is 21.3 Å². The van der Waals surface area contributed by atoms with Crippen LogP contribution in [0.4, 0.5) is 4.79 Å². The number of Topliss-reactive ketones (excluding diaryl/α,β-unsaturated/α-hetero) is 1. The number of carbonyl (C=O) groups is 4. The number of rotatable bonds is 17. The molecule has 2 aliphatic rings. The normalized spacial score (nSPS) is 21.5. The van der Waals surface area contributed by atoms with Crippen molar-refractivity contribution in [2.45, 2.75) is 101 Å². The molecule has 182 valence electrons. The Hall–Kier alpha value is -1.77. The number of amides is 4. The lowest BCUT2D eigenvalue weighted by Gasteiger charge is -2.16. The van der Waals surface area contributed by atoms with Crippen LogP contribution in [-0.2, 0) is 14.4 Å². The Morgan fingerprint density at radius 2 is 1.44 bits per heavy atom. The van der Waals surface area contributed by atoms with Crippen molar-refractivity contribution in [3.8, 4) is 0 Å². The number of hydrogen-bond acceptors (Lipinski definition) is 5. The van der Waals surface area contributed by atoms with Crippen molar-refractivity contribution in [3.63, 3.8) is 0 Å². The molecule has 4 amide bonds. The first-order valence-electron chi connectivity index (χ1n) is 12.2. The second-order valence-corrected chi connectivity index (χ2v) is 10.2. The highest BCUT2D eigenvalue weighted by atomic mass is 32.2. The van der Waals surface area contributed by atoms with Gasteiger partial charge in [-0.1, -0.05) is 19.3 Å². The highest BCUT2D eigenvalue weighted by Gasteiger charge is 2.42. The van der Waals surface area contributed by atoms with Gasteiger partial charge in [-0.25, -0.2) is 4.79 Å². The van der Waals surface area contributed by atoms with Crippen molar-refractivity contribution in [2.75, 3.05) is 18.8 Å². The number of hydrogen-bond donors (Lipinski definition) is 4. The van der Waals surface area contributed by atoms with Crippen molar-refractivity contribution in [1.82, 2.24) is 21.3 Å². The Bertz CT molecular complexity index is 631. The number of fused-ring (bicyclic) bond motifs is 1. The SMILES string of the molecule is CC(=O)CCCCCNC(=O)CCCCCNC(=O)CCCCC1SC[C@@H]2NC(=O)N[C@H]12. The zero-order chi connectivity index (χ0) is 23.2. The highest BCUT2D eigenvalue weighted by Crippen LogP contribution is 2.33. The Labute approximate surface area is 196 Å². The van der Waals surface area contributed by atoms with Gasteiger partial charge in [-0.3, -0.25) is 9.59 Å². The summed E-state index contributed by atoms with van der Waals surface area (Å²) in [4.78, 5) is 46.0. The van der Waals surface area contributed by atoms with Gasteiger partial charge in [0, 0.05) is 43.4 Å². The number of urea groups is 1. The van der Waals surface area contributed by atoms with Crippen molar-refractivity contribution in [1.29, 1.82) is 0 Å². The molecule has 8 nitrogen and oxygen atoms in total. The lowest BCUT2D eigenvalue weighted by molar-refractivity contribution is -0.122. The second-order valence-electron chi connectivity index (χ2n) is 8.89. The van der Waals surface area contributed by atoms with E-state index in [0.717, 1.165) is 63.5 Å². The van der Waals surface area contributed by atoms with Crippen molar-refractivity contribution < 1.29 is 19.2 Å². The maximum Gasteiger partial charge on any atom is 0.315 e. The van der Waals surface area contributed by atoms with Crippen LogP contribution in [0.25, 0.3) is 0 Å². The first kappa shape index (κ1) is 26.5. The maximum absolute atomic E-state index is 12.0. The number of ketones is 1. The fraction of sp³-hybridized carbons (Fsp3) is 0.826. The van der Waals surface area contributed by atoms with Gasteiger partial charge in [-0.2, -0.15) is 11.8 Å². The van der Waals surface area contributed by atoms with Gasteiger partial charge < -0.3 is 26.1 Å². The molecule has 2 saturated heterocycles. The van der Waals surface area contributed by atoms with E-state index in [1.165, 1.54) is 0 Å². The van der Waals surface area contributed by atoms with E-state index in [9.17, 15) is 19.2 Å². The minimum atomic E-state index is -0.0530. The van der Waals surface area contributed by atoms with Crippen LogP contribution in [0.2, 0.25) is 0 Å². The van der Waals surface area contributed by atoms with Gasteiger partial charge in [-0.15, -0.1) is 0 Å². The smallest absolute Gasteiger partial charge is 0.315 e. The summed E-state index contributed by atoms with van der Waals surface area (Å²) in [6, 6.07) is 0.444. The largest absolute Gasteiger partial charge is 0.356 e. The van der Waals surface area contributed by atoms with Crippen molar-refractivity contribution in [3.05, 3.63) is 0 Å². The van der Waals surface area contributed by atoms with Crippen LogP contribution in [0.1, 0.15) is 84.0 Å². The molecule has 0 spiro atoms. The standard InChI is InChI=1S/C23H40N4O4S/c1-17(28)10-4-2-8-14-24-20(29)12-5-3-9-15-25-21(30)13-7-6-11-19-22-18(16-32-19)26-23(31)27-22/h18-19,22H,2-16H2,1H3,(H,24,29)(H,25,30)(H2,26,27,31)/t18-,19?,22-/m0/s1. The predicted molar refractivity (Wildman–Crippen MR) is 128 cm³/mol. The molecule has 9 heteroatoms. The van der Waals surface area contributed by atoms with Crippen LogP contribution in [0.15, 0.2) is 0 Å². The van der Waals surface area contributed by atoms with Gasteiger partial charge >= 0.3 is 6.03 Å². The Balaban J connectivity index is 1.35. The van der Waals surface area contributed by atoms with Crippen LogP contribution in [-0.4, -0.2) is 59.8 Å². The molecule has 2 heterocycles. The summed E-state index contributed by atoms with van der Waals surface area (Å²) in [7, 11) is 0. The molecule has 2 fully saturated rings. The fourth-order valence-electron chi connectivity index (χ4n) is 4.17. The molecule has 0 bridgehead atoms. The molecule has 32 heavy (non-hydrogen) atoms. The topological polar surface area (TPSA) is 116 Å². The molecule has 0 saturated carbocycles. The second kappa shape index (κ2) is 15.1. The quantitative estimate of drug-likeness (QED) is 0.193. The first-order chi connectivity index (χ1) is 15.5.